The van der Waals surface area contributed by atoms with Crippen LogP contribution in [0.2, 0.25) is 0 Å². The fourth-order valence-corrected chi connectivity index (χ4v) is 1.67. The standard InChI is InChI=1S/C15H24N2O3/c1-11(2)8-17-15(18)10-16-9-12-5-13(19-3)7-14(6-12)20-4/h5-7,11,16H,8-10H2,1-4H3,(H,17,18). The van der Waals surface area contributed by atoms with E-state index in [4.69, 9.17) is 9.47 Å². The van der Waals surface area contributed by atoms with E-state index >= 15 is 0 Å². The number of nitrogens with one attached hydrogen (secondary N) is 2. The number of rotatable bonds is 8. The Morgan fingerprint density at radius 2 is 1.75 bits per heavy atom. The molecule has 0 bridgehead atoms. The fourth-order valence-electron chi connectivity index (χ4n) is 1.67. The third-order valence-electron chi connectivity index (χ3n) is 2.73. The largest absolute Gasteiger partial charge is 0.497 e. The van der Waals surface area contributed by atoms with Crippen molar-refractivity contribution in [3.8, 4) is 11.5 Å². The predicted octanol–water partition coefficient (Wildman–Crippen LogP) is 1.57. The van der Waals surface area contributed by atoms with Crippen LogP contribution in [0.15, 0.2) is 18.2 Å². The molecule has 0 heterocycles. The molecule has 1 aromatic rings. The molecule has 0 unspecified atom stereocenters. The molecule has 0 fully saturated rings. The van der Waals surface area contributed by atoms with E-state index in [9.17, 15) is 4.79 Å². The zero-order valence-corrected chi connectivity index (χ0v) is 12.7. The number of benzene rings is 1. The van der Waals surface area contributed by atoms with E-state index in [0.29, 0.717) is 25.6 Å². The van der Waals surface area contributed by atoms with E-state index in [0.717, 1.165) is 17.1 Å². The SMILES string of the molecule is COc1cc(CNCC(=O)NCC(C)C)cc(OC)c1. The minimum atomic E-state index is 0.00793. The van der Waals surface area contributed by atoms with Gasteiger partial charge in [-0.05, 0) is 23.6 Å². The smallest absolute Gasteiger partial charge is 0.233 e. The minimum absolute atomic E-state index is 0.00793. The molecular formula is C15H24N2O3. The van der Waals surface area contributed by atoms with Crippen molar-refractivity contribution in [1.29, 1.82) is 0 Å². The monoisotopic (exact) mass is 280 g/mol. The second-order valence-electron chi connectivity index (χ2n) is 5.02. The van der Waals surface area contributed by atoms with Crippen LogP contribution >= 0.6 is 0 Å². The number of carbonyl (C=O) groups excluding carboxylic acids is 1. The molecule has 1 amide bonds. The van der Waals surface area contributed by atoms with Gasteiger partial charge in [0.05, 0.1) is 20.8 Å². The van der Waals surface area contributed by atoms with Crippen molar-refractivity contribution in [2.75, 3.05) is 27.3 Å². The molecule has 5 heteroatoms. The summed E-state index contributed by atoms with van der Waals surface area (Å²) in [6, 6.07) is 5.65. The van der Waals surface area contributed by atoms with Crippen molar-refractivity contribution in [2.45, 2.75) is 20.4 Å². The molecule has 112 valence electrons. The summed E-state index contributed by atoms with van der Waals surface area (Å²) in [6.07, 6.45) is 0. The quantitative estimate of drug-likeness (QED) is 0.759. The molecular weight excluding hydrogens is 256 g/mol. The van der Waals surface area contributed by atoms with Gasteiger partial charge in [-0.1, -0.05) is 13.8 Å². The van der Waals surface area contributed by atoms with E-state index < -0.39 is 0 Å². The molecule has 0 saturated heterocycles. The lowest BCUT2D eigenvalue weighted by atomic mass is 10.2. The summed E-state index contributed by atoms with van der Waals surface area (Å²) >= 11 is 0. The lowest BCUT2D eigenvalue weighted by Gasteiger charge is -2.10. The molecule has 0 aromatic heterocycles. The van der Waals surface area contributed by atoms with Crippen LogP contribution in [0.4, 0.5) is 0 Å². The van der Waals surface area contributed by atoms with Gasteiger partial charge in [-0.25, -0.2) is 0 Å². The number of carbonyl (C=O) groups is 1. The summed E-state index contributed by atoms with van der Waals surface area (Å²) in [5.74, 6) is 1.95. The van der Waals surface area contributed by atoms with Crippen LogP contribution in [0.25, 0.3) is 0 Å². The van der Waals surface area contributed by atoms with Crippen LogP contribution < -0.4 is 20.1 Å². The summed E-state index contributed by atoms with van der Waals surface area (Å²) in [6.45, 7) is 5.72. The van der Waals surface area contributed by atoms with Crippen LogP contribution in [0, 0.1) is 5.92 Å². The van der Waals surface area contributed by atoms with Crippen LogP contribution in [0.5, 0.6) is 11.5 Å². The van der Waals surface area contributed by atoms with Gasteiger partial charge in [-0.3, -0.25) is 4.79 Å². The van der Waals surface area contributed by atoms with E-state index in [1.807, 2.05) is 18.2 Å². The first kappa shape index (κ1) is 16.3. The Morgan fingerprint density at radius 3 is 2.25 bits per heavy atom. The Labute approximate surface area is 120 Å². The Kier molecular flexibility index (Phi) is 6.87. The predicted molar refractivity (Wildman–Crippen MR) is 79.1 cm³/mol. The molecule has 0 radical (unpaired) electrons. The molecule has 0 aliphatic heterocycles. The summed E-state index contributed by atoms with van der Waals surface area (Å²) in [5.41, 5.74) is 1.01. The highest BCUT2D eigenvalue weighted by Gasteiger charge is 2.04. The number of hydrogen-bond donors (Lipinski definition) is 2. The maximum absolute atomic E-state index is 11.6. The lowest BCUT2D eigenvalue weighted by molar-refractivity contribution is -0.120. The molecule has 5 nitrogen and oxygen atoms in total. The Morgan fingerprint density at radius 1 is 1.15 bits per heavy atom. The second kappa shape index (κ2) is 8.43. The van der Waals surface area contributed by atoms with Gasteiger partial charge in [0.1, 0.15) is 11.5 Å². The fraction of sp³-hybridized carbons (Fsp3) is 0.533. The van der Waals surface area contributed by atoms with Crippen LogP contribution in [0.1, 0.15) is 19.4 Å². The molecule has 0 saturated carbocycles. The van der Waals surface area contributed by atoms with Crippen molar-refractivity contribution in [3.05, 3.63) is 23.8 Å². The zero-order valence-electron chi connectivity index (χ0n) is 12.7. The van der Waals surface area contributed by atoms with Gasteiger partial charge in [0.15, 0.2) is 0 Å². The highest BCUT2D eigenvalue weighted by molar-refractivity contribution is 5.77. The topological polar surface area (TPSA) is 59.6 Å². The second-order valence-corrected chi connectivity index (χ2v) is 5.02. The summed E-state index contributed by atoms with van der Waals surface area (Å²) in [7, 11) is 3.23. The normalized spacial score (nSPS) is 10.4. The number of amides is 1. The van der Waals surface area contributed by atoms with Gasteiger partial charge < -0.3 is 20.1 Å². The van der Waals surface area contributed by atoms with Gasteiger partial charge in [0.2, 0.25) is 5.91 Å². The van der Waals surface area contributed by atoms with Crippen molar-refractivity contribution in [2.24, 2.45) is 5.92 Å². The molecule has 2 N–H and O–H groups in total. The first-order chi connectivity index (χ1) is 9.55. The summed E-state index contributed by atoms with van der Waals surface area (Å²) < 4.78 is 10.4. The Bertz CT molecular complexity index is 411. The first-order valence-electron chi connectivity index (χ1n) is 6.74. The maximum atomic E-state index is 11.6. The van der Waals surface area contributed by atoms with E-state index in [1.165, 1.54) is 0 Å². The lowest BCUT2D eigenvalue weighted by Crippen LogP contribution is -2.35. The highest BCUT2D eigenvalue weighted by Crippen LogP contribution is 2.22. The van der Waals surface area contributed by atoms with Gasteiger partial charge in [-0.15, -0.1) is 0 Å². The molecule has 0 atom stereocenters. The Balaban J connectivity index is 2.43. The van der Waals surface area contributed by atoms with Crippen LogP contribution in [-0.2, 0) is 11.3 Å². The third-order valence-corrected chi connectivity index (χ3v) is 2.73. The van der Waals surface area contributed by atoms with Crippen molar-refractivity contribution >= 4 is 5.91 Å². The van der Waals surface area contributed by atoms with Crippen molar-refractivity contribution in [1.82, 2.24) is 10.6 Å². The van der Waals surface area contributed by atoms with E-state index in [2.05, 4.69) is 24.5 Å². The average molecular weight is 280 g/mol. The maximum Gasteiger partial charge on any atom is 0.233 e. The van der Waals surface area contributed by atoms with Gasteiger partial charge in [0.25, 0.3) is 0 Å². The van der Waals surface area contributed by atoms with Crippen molar-refractivity contribution in [3.63, 3.8) is 0 Å². The number of hydrogen-bond acceptors (Lipinski definition) is 4. The highest BCUT2D eigenvalue weighted by atomic mass is 16.5. The average Bonchev–Trinajstić information content (AvgIpc) is 2.44. The molecule has 1 rings (SSSR count). The van der Waals surface area contributed by atoms with Crippen LogP contribution in [0.3, 0.4) is 0 Å². The van der Waals surface area contributed by atoms with E-state index in [1.54, 1.807) is 14.2 Å². The summed E-state index contributed by atoms with van der Waals surface area (Å²) in [5, 5.41) is 5.97. The van der Waals surface area contributed by atoms with E-state index in [-0.39, 0.29) is 5.91 Å². The van der Waals surface area contributed by atoms with Gasteiger partial charge in [-0.2, -0.15) is 0 Å². The van der Waals surface area contributed by atoms with Crippen molar-refractivity contribution < 1.29 is 14.3 Å². The molecule has 1 aromatic carbocycles. The van der Waals surface area contributed by atoms with Gasteiger partial charge in [0, 0.05) is 19.2 Å². The molecule has 0 spiro atoms. The van der Waals surface area contributed by atoms with Gasteiger partial charge >= 0.3 is 0 Å². The first-order valence-corrected chi connectivity index (χ1v) is 6.74. The van der Waals surface area contributed by atoms with Crippen LogP contribution in [-0.4, -0.2) is 33.2 Å². The molecule has 0 aliphatic carbocycles. The Hall–Kier alpha value is -1.75. The number of methoxy groups -OCH3 is 2. The molecule has 0 aliphatic rings. The molecule has 20 heavy (non-hydrogen) atoms. The number of ether oxygens (including phenoxy) is 2. The summed E-state index contributed by atoms with van der Waals surface area (Å²) in [4.78, 5) is 11.6. The third kappa shape index (κ3) is 5.93. The zero-order chi connectivity index (χ0) is 15.0. The minimum Gasteiger partial charge on any atom is -0.497 e.